The summed E-state index contributed by atoms with van der Waals surface area (Å²) >= 11 is 4.00. The van der Waals surface area contributed by atoms with E-state index in [1.807, 2.05) is 0 Å². The molecule has 0 amide bonds. The smallest absolute Gasteiger partial charge is 0.387 e. The van der Waals surface area contributed by atoms with Gasteiger partial charge in [-0.05, 0) is 17.7 Å². The van der Waals surface area contributed by atoms with Crippen molar-refractivity contribution in [3.05, 3.63) is 23.8 Å². The summed E-state index contributed by atoms with van der Waals surface area (Å²) < 4.78 is 28.0. The third kappa shape index (κ3) is 3.20. The van der Waals surface area contributed by atoms with Crippen LogP contribution in [0.15, 0.2) is 23.1 Å². The van der Waals surface area contributed by atoms with Crippen LogP contribution in [0.1, 0.15) is 18.4 Å². The summed E-state index contributed by atoms with van der Waals surface area (Å²) in [5.41, 5.74) is 0.719. The number of alkyl halides is 2. The van der Waals surface area contributed by atoms with E-state index in [2.05, 4.69) is 17.4 Å². The van der Waals surface area contributed by atoms with Gasteiger partial charge in [-0.1, -0.05) is 13.0 Å². The molecule has 2 nitrogen and oxygen atoms in total. The molecule has 0 saturated carbocycles. The molecule has 0 heterocycles. The van der Waals surface area contributed by atoms with E-state index in [0.717, 1.165) is 11.8 Å². The van der Waals surface area contributed by atoms with Crippen molar-refractivity contribution in [2.24, 2.45) is 0 Å². The van der Waals surface area contributed by atoms with E-state index >= 15 is 0 Å². The molecule has 1 aromatic carbocycles. The first-order chi connectivity index (χ1) is 7.04. The second-order valence-corrected chi connectivity index (χ2v) is 3.51. The third-order valence-electron chi connectivity index (χ3n) is 1.93. The van der Waals surface area contributed by atoms with Crippen molar-refractivity contribution < 1.29 is 18.3 Å². The first-order valence-electron chi connectivity index (χ1n) is 4.27. The van der Waals surface area contributed by atoms with Crippen molar-refractivity contribution in [1.29, 1.82) is 0 Å². The molecule has 0 aliphatic rings. The molecule has 0 fully saturated rings. The van der Waals surface area contributed by atoms with Crippen LogP contribution < -0.4 is 4.74 Å². The molecule has 0 aliphatic carbocycles. The van der Waals surface area contributed by atoms with E-state index in [9.17, 15) is 13.6 Å². The first-order valence-corrected chi connectivity index (χ1v) is 4.72. The van der Waals surface area contributed by atoms with E-state index in [0.29, 0.717) is 4.90 Å². The van der Waals surface area contributed by atoms with Crippen LogP contribution in [0.2, 0.25) is 0 Å². The Kier molecular flexibility index (Phi) is 4.08. The molecular formula is C10H10F2O2S. The van der Waals surface area contributed by atoms with Gasteiger partial charge in [0.2, 0.25) is 0 Å². The lowest BCUT2D eigenvalue weighted by atomic mass is 10.0. The second-order valence-electron chi connectivity index (χ2n) is 3.03. The first kappa shape index (κ1) is 12.0. The lowest BCUT2D eigenvalue weighted by Gasteiger charge is -2.10. The van der Waals surface area contributed by atoms with Gasteiger partial charge < -0.3 is 9.53 Å². The van der Waals surface area contributed by atoms with Crippen molar-refractivity contribution in [3.63, 3.8) is 0 Å². The largest absolute Gasteiger partial charge is 0.434 e. The number of hydrogen-bond donors (Lipinski definition) is 1. The summed E-state index contributed by atoms with van der Waals surface area (Å²) in [6, 6.07) is 4.49. The predicted molar refractivity (Wildman–Crippen MR) is 54.8 cm³/mol. The van der Waals surface area contributed by atoms with Crippen LogP contribution in [0.5, 0.6) is 5.75 Å². The molecule has 0 aromatic heterocycles. The minimum Gasteiger partial charge on any atom is -0.434 e. The molecule has 0 spiro atoms. The maximum absolute atomic E-state index is 11.9. The van der Waals surface area contributed by atoms with Crippen LogP contribution in [0.4, 0.5) is 8.78 Å². The number of carbonyl (C=O) groups is 1. The van der Waals surface area contributed by atoms with Gasteiger partial charge in [0.05, 0.1) is 0 Å². The number of carbonyl (C=O) groups excluding carboxylic acids is 1. The van der Waals surface area contributed by atoms with E-state index in [1.54, 1.807) is 19.1 Å². The summed E-state index contributed by atoms with van der Waals surface area (Å²) in [5, 5.41) is 0. The Balaban J connectivity index is 2.92. The summed E-state index contributed by atoms with van der Waals surface area (Å²) in [6.07, 6.45) is 0.774. The highest BCUT2D eigenvalue weighted by molar-refractivity contribution is 7.80. The zero-order valence-corrected chi connectivity index (χ0v) is 8.88. The van der Waals surface area contributed by atoms with Crippen molar-refractivity contribution in [3.8, 4) is 5.75 Å². The van der Waals surface area contributed by atoms with Crippen LogP contribution in [0, 0.1) is 0 Å². The molecule has 82 valence electrons. The maximum atomic E-state index is 11.9. The second kappa shape index (κ2) is 5.11. The zero-order valence-electron chi connectivity index (χ0n) is 7.98. The van der Waals surface area contributed by atoms with Crippen LogP contribution in [-0.4, -0.2) is 12.9 Å². The highest BCUT2D eigenvalue weighted by atomic mass is 32.1. The Hall–Kier alpha value is -1.10. The quantitative estimate of drug-likeness (QED) is 0.638. The van der Waals surface area contributed by atoms with E-state index in [1.165, 1.54) is 6.07 Å². The zero-order chi connectivity index (χ0) is 11.4. The predicted octanol–water partition coefficient (Wildman–Crippen LogP) is 2.88. The molecule has 1 unspecified atom stereocenters. The minimum absolute atomic E-state index is 0.00943. The van der Waals surface area contributed by atoms with Gasteiger partial charge >= 0.3 is 6.61 Å². The van der Waals surface area contributed by atoms with E-state index < -0.39 is 6.61 Å². The number of hydrogen-bond acceptors (Lipinski definition) is 3. The van der Waals surface area contributed by atoms with Gasteiger partial charge in [0, 0.05) is 10.8 Å². The Morgan fingerprint density at radius 3 is 2.60 bits per heavy atom. The SMILES string of the molecule is CC(C=O)c1ccc(OC(F)F)c(S)c1. The number of thiol groups is 1. The fraction of sp³-hybridized carbons (Fsp3) is 0.300. The maximum Gasteiger partial charge on any atom is 0.387 e. The topological polar surface area (TPSA) is 26.3 Å². The molecule has 15 heavy (non-hydrogen) atoms. The summed E-state index contributed by atoms with van der Waals surface area (Å²) in [4.78, 5) is 10.8. The van der Waals surface area contributed by atoms with E-state index in [-0.39, 0.29) is 11.7 Å². The minimum atomic E-state index is -2.87. The molecule has 1 atom stereocenters. The number of benzene rings is 1. The van der Waals surface area contributed by atoms with Gasteiger partial charge in [-0.25, -0.2) is 0 Å². The number of rotatable bonds is 4. The average Bonchev–Trinajstić information content (AvgIpc) is 2.19. The fourth-order valence-electron chi connectivity index (χ4n) is 1.09. The van der Waals surface area contributed by atoms with Gasteiger partial charge in [0.25, 0.3) is 0 Å². The molecular weight excluding hydrogens is 222 g/mol. The van der Waals surface area contributed by atoms with Gasteiger partial charge in [0.1, 0.15) is 12.0 Å². The molecule has 0 bridgehead atoms. The highest BCUT2D eigenvalue weighted by Gasteiger charge is 2.10. The number of halogens is 2. The lowest BCUT2D eigenvalue weighted by Crippen LogP contribution is -2.03. The van der Waals surface area contributed by atoms with Crippen LogP contribution in [-0.2, 0) is 4.79 Å². The highest BCUT2D eigenvalue weighted by Crippen LogP contribution is 2.27. The van der Waals surface area contributed by atoms with Gasteiger partial charge in [-0.15, -0.1) is 12.6 Å². The Labute approximate surface area is 91.7 Å². The van der Waals surface area contributed by atoms with Crippen molar-refractivity contribution >= 4 is 18.9 Å². The molecule has 5 heteroatoms. The van der Waals surface area contributed by atoms with Crippen molar-refractivity contribution in [2.75, 3.05) is 0 Å². The van der Waals surface area contributed by atoms with Crippen molar-refractivity contribution in [2.45, 2.75) is 24.3 Å². The lowest BCUT2D eigenvalue weighted by molar-refractivity contribution is -0.108. The van der Waals surface area contributed by atoms with Crippen LogP contribution in [0.3, 0.4) is 0 Å². The van der Waals surface area contributed by atoms with Gasteiger partial charge in [-0.3, -0.25) is 0 Å². The third-order valence-corrected chi connectivity index (χ3v) is 2.28. The molecule has 0 radical (unpaired) electrons. The van der Waals surface area contributed by atoms with E-state index in [4.69, 9.17) is 0 Å². The standard InChI is InChI=1S/C10H10F2O2S/c1-6(5-13)7-2-3-8(9(15)4-7)14-10(11)12/h2-6,10,15H,1H3. The summed E-state index contributed by atoms with van der Waals surface area (Å²) in [5.74, 6) is -0.272. The summed E-state index contributed by atoms with van der Waals surface area (Å²) in [7, 11) is 0. The summed E-state index contributed by atoms with van der Waals surface area (Å²) in [6.45, 7) is -1.16. The molecule has 1 rings (SSSR count). The van der Waals surface area contributed by atoms with Crippen LogP contribution >= 0.6 is 12.6 Å². The Morgan fingerprint density at radius 2 is 2.13 bits per heavy atom. The number of ether oxygens (including phenoxy) is 1. The Bertz CT molecular complexity index is 355. The molecule has 0 saturated heterocycles. The normalized spacial score (nSPS) is 12.6. The van der Waals surface area contributed by atoms with Gasteiger partial charge in [-0.2, -0.15) is 8.78 Å². The van der Waals surface area contributed by atoms with Crippen LogP contribution in [0.25, 0.3) is 0 Å². The monoisotopic (exact) mass is 232 g/mol. The molecule has 0 aliphatic heterocycles. The van der Waals surface area contributed by atoms with Gasteiger partial charge in [0.15, 0.2) is 0 Å². The molecule has 0 N–H and O–H groups in total. The molecule has 1 aromatic rings. The van der Waals surface area contributed by atoms with Crippen molar-refractivity contribution in [1.82, 2.24) is 0 Å². The average molecular weight is 232 g/mol. The Morgan fingerprint density at radius 1 is 1.47 bits per heavy atom. The number of aldehydes is 1. The fourth-order valence-corrected chi connectivity index (χ4v) is 1.37.